The van der Waals surface area contributed by atoms with E-state index in [1.165, 1.54) is 7.11 Å². The van der Waals surface area contributed by atoms with Crippen molar-refractivity contribution in [1.29, 1.82) is 0 Å². The number of nitrogens with two attached hydrogens (primary N) is 1. The molecule has 0 aromatic rings. The van der Waals surface area contributed by atoms with Crippen molar-refractivity contribution in [2.24, 2.45) is 16.8 Å². The zero-order chi connectivity index (χ0) is 8.97. The summed E-state index contributed by atoms with van der Waals surface area (Å²) in [5.41, 5.74) is 6.01. The summed E-state index contributed by atoms with van der Waals surface area (Å²) in [4.78, 5) is 15.6. The minimum Gasteiger partial charge on any atom is -0.399 e. The Morgan fingerprint density at radius 2 is 2.42 bits per heavy atom. The third-order valence-electron chi connectivity index (χ3n) is 2.13. The quantitative estimate of drug-likeness (QED) is 0.619. The number of primary amides is 1. The fourth-order valence-corrected chi connectivity index (χ4v) is 1.53. The first-order valence-electron chi connectivity index (χ1n) is 4.15. The van der Waals surface area contributed by atoms with E-state index in [1.807, 2.05) is 0 Å². The Morgan fingerprint density at radius 1 is 1.67 bits per heavy atom. The molecule has 1 aliphatic rings. The van der Waals surface area contributed by atoms with Gasteiger partial charge in [-0.25, -0.2) is 0 Å². The Labute approximate surface area is 71.8 Å². The third kappa shape index (κ3) is 1.96. The van der Waals surface area contributed by atoms with E-state index >= 15 is 0 Å². The van der Waals surface area contributed by atoms with E-state index in [-0.39, 0.29) is 11.8 Å². The lowest BCUT2D eigenvalue weighted by atomic mass is 9.87. The monoisotopic (exact) mass is 170 g/mol. The van der Waals surface area contributed by atoms with Gasteiger partial charge in [-0.05, 0) is 19.3 Å². The first-order valence-corrected chi connectivity index (χ1v) is 4.15. The van der Waals surface area contributed by atoms with Gasteiger partial charge in [-0.1, -0.05) is 11.6 Å². The lowest BCUT2D eigenvalue weighted by Gasteiger charge is -2.19. The molecule has 2 N–H and O–H groups in total. The van der Waals surface area contributed by atoms with Crippen LogP contribution in [0.25, 0.3) is 0 Å². The van der Waals surface area contributed by atoms with Crippen molar-refractivity contribution in [3.63, 3.8) is 0 Å². The van der Waals surface area contributed by atoms with E-state index in [1.54, 1.807) is 0 Å². The fraction of sp³-hybridized carbons (Fsp3) is 0.750. The second-order valence-electron chi connectivity index (χ2n) is 2.97. The summed E-state index contributed by atoms with van der Waals surface area (Å²) in [6.07, 6.45) is 3.78. The second kappa shape index (κ2) is 4.09. The summed E-state index contributed by atoms with van der Waals surface area (Å²) in [7, 11) is 1.49. The normalized spacial score (nSPS) is 27.1. The Morgan fingerprint density at radius 3 is 3.00 bits per heavy atom. The van der Waals surface area contributed by atoms with Crippen LogP contribution in [0.5, 0.6) is 0 Å². The number of hydrogen-bond acceptors (Lipinski definition) is 3. The van der Waals surface area contributed by atoms with E-state index in [0.29, 0.717) is 0 Å². The summed E-state index contributed by atoms with van der Waals surface area (Å²) in [6.45, 7) is 0. The molecule has 0 unspecified atom stereocenters. The van der Waals surface area contributed by atoms with Gasteiger partial charge in [0.15, 0.2) is 0 Å². The molecule has 4 heteroatoms. The van der Waals surface area contributed by atoms with E-state index in [9.17, 15) is 4.79 Å². The highest BCUT2D eigenvalue weighted by Gasteiger charge is 2.25. The molecule has 4 nitrogen and oxygen atoms in total. The van der Waals surface area contributed by atoms with Gasteiger partial charge in [0, 0.05) is 0 Å². The number of amides is 1. The van der Waals surface area contributed by atoms with Crippen LogP contribution in [0.3, 0.4) is 0 Å². The standard InChI is InChI=1S/C8H14N2O2/c1-12-10-7-5-3-2-4-6(7)8(9)11/h6H,2-5H2,1H3,(H2,9,11)/b10-7+/t6-/m0/s1. The van der Waals surface area contributed by atoms with Gasteiger partial charge in [-0.2, -0.15) is 0 Å². The molecule has 0 spiro atoms. The smallest absolute Gasteiger partial charge is 0.226 e. The molecule has 0 radical (unpaired) electrons. The summed E-state index contributed by atoms with van der Waals surface area (Å²) in [5, 5.41) is 3.80. The van der Waals surface area contributed by atoms with Gasteiger partial charge < -0.3 is 10.6 Å². The van der Waals surface area contributed by atoms with E-state index in [2.05, 4.69) is 9.99 Å². The molecular weight excluding hydrogens is 156 g/mol. The number of hydrogen-bond donors (Lipinski definition) is 1. The first-order chi connectivity index (χ1) is 5.75. The van der Waals surface area contributed by atoms with Gasteiger partial charge in [0.25, 0.3) is 0 Å². The van der Waals surface area contributed by atoms with Crippen LogP contribution in [0.2, 0.25) is 0 Å². The molecule has 1 aliphatic carbocycles. The maximum Gasteiger partial charge on any atom is 0.226 e. The van der Waals surface area contributed by atoms with Crippen molar-refractivity contribution in [2.45, 2.75) is 25.7 Å². The van der Waals surface area contributed by atoms with Gasteiger partial charge in [0.05, 0.1) is 11.6 Å². The Hall–Kier alpha value is -1.06. The predicted octanol–water partition coefficient (Wildman–Crippen LogP) is 0.664. The molecule has 1 amide bonds. The van der Waals surface area contributed by atoms with Gasteiger partial charge in [0.1, 0.15) is 7.11 Å². The summed E-state index contributed by atoms with van der Waals surface area (Å²) in [5.74, 6) is -0.482. The molecular formula is C8H14N2O2. The summed E-state index contributed by atoms with van der Waals surface area (Å²) < 4.78 is 0. The highest BCUT2D eigenvalue weighted by Crippen LogP contribution is 2.21. The minimum absolute atomic E-state index is 0.196. The van der Waals surface area contributed by atoms with Crippen molar-refractivity contribution in [1.82, 2.24) is 0 Å². The number of nitrogens with zero attached hydrogens (tertiary/aromatic N) is 1. The van der Waals surface area contributed by atoms with E-state index < -0.39 is 0 Å². The van der Waals surface area contributed by atoms with Crippen LogP contribution in [0.15, 0.2) is 5.16 Å². The molecule has 0 aromatic carbocycles. The molecule has 1 atom stereocenters. The molecule has 68 valence electrons. The van der Waals surface area contributed by atoms with Crippen LogP contribution in [-0.2, 0) is 9.63 Å². The van der Waals surface area contributed by atoms with Crippen molar-refractivity contribution in [3.05, 3.63) is 0 Å². The molecule has 12 heavy (non-hydrogen) atoms. The van der Waals surface area contributed by atoms with Gasteiger partial charge >= 0.3 is 0 Å². The Kier molecular flexibility index (Phi) is 3.08. The Balaban J connectivity index is 2.67. The van der Waals surface area contributed by atoms with Crippen LogP contribution >= 0.6 is 0 Å². The molecule has 1 saturated carbocycles. The van der Waals surface area contributed by atoms with Crippen LogP contribution in [0.4, 0.5) is 0 Å². The van der Waals surface area contributed by atoms with Crippen LogP contribution < -0.4 is 5.73 Å². The van der Waals surface area contributed by atoms with Gasteiger partial charge in [-0.15, -0.1) is 0 Å². The number of carbonyl (C=O) groups is 1. The number of rotatable bonds is 2. The highest BCUT2D eigenvalue weighted by atomic mass is 16.6. The summed E-state index contributed by atoms with van der Waals surface area (Å²) in [6, 6.07) is 0. The van der Waals surface area contributed by atoms with Crippen molar-refractivity contribution >= 4 is 11.6 Å². The van der Waals surface area contributed by atoms with Crippen LogP contribution in [-0.4, -0.2) is 18.7 Å². The first kappa shape index (κ1) is 9.03. The largest absolute Gasteiger partial charge is 0.399 e. The Bertz CT molecular complexity index is 201. The maximum absolute atomic E-state index is 10.9. The zero-order valence-corrected chi connectivity index (χ0v) is 7.25. The maximum atomic E-state index is 10.9. The van der Waals surface area contributed by atoms with E-state index in [4.69, 9.17) is 5.73 Å². The summed E-state index contributed by atoms with van der Waals surface area (Å²) >= 11 is 0. The topological polar surface area (TPSA) is 64.7 Å². The van der Waals surface area contributed by atoms with E-state index in [0.717, 1.165) is 31.4 Å². The molecule has 0 heterocycles. The van der Waals surface area contributed by atoms with Crippen LogP contribution in [0, 0.1) is 5.92 Å². The van der Waals surface area contributed by atoms with Gasteiger partial charge in [0.2, 0.25) is 5.91 Å². The average molecular weight is 170 g/mol. The zero-order valence-electron chi connectivity index (χ0n) is 7.25. The van der Waals surface area contributed by atoms with Gasteiger partial charge in [-0.3, -0.25) is 4.79 Å². The fourth-order valence-electron chi connectivity index (χ4n) is 1.53. The highest BCUT2D eigenvalue weighted by molar-refractivity contribution is 6.03. The molecule has 0 bridgehead atoms. The molecule has 0 aliphatic heterocycles. The predicted molar refractivity (Wildman–Crippen MR) is 45.6 cm³/mol. The second-order valence-corrected chi connectivity index (χ2v) is 2.97. The third-order valence-corrected chi connectivity index (χ3v) is 2.13. The minimum atomic E-state index is -0.287. The number of oxime groups is 1. The van der Waals surface area contributed by atoms with Crippen molar-refractivity contribution in [3.8, 4) is 0 Å². The molecule has 0 aromatic heterocycles. The van der Waals surface area contributed by atoms with Crippen LogP contribution in [0.1, 0.15) is 25.7 Å². The number of carbonyl (C=O) groups excluding carboxylic acids is 1. The molecule has 1 fully saturated rings. The van der Waals surface area contributed by atoms with Crippen molar-refractivity contribution in [2.75, 3.05) is 7.11 Å². The molecule has 1 rings (SSSR count). The lowest BCUT2D eigenvalue weighted by molar-refractivity contribution is -0.120. The van der Waals surface area contributed by atoms with Crippen molar-refractivity contribution < 1.29 is 9.63 Å². The lowest BCUT2D eigenvalue weighted by Crippen LogP contribution is -2.32. The molecule has 0 saturated heterocycles. The SMILES string of the molecule is CO/N=C1\CCCC[C@@H]1C(N)=O. The average Bonchev–Trinajstić information content (AvgIpc) is 2.05.